The molecule has 15 atom stereocenters. The second kappa shape index (κ2) is 10.9. The molecule has 7 bridgehead atoms. The van der Waals surface area contributed by atoms with Gasteiger partial charge in [0.25, 0.3) is 0 Å². The molecule has 5 saturated carbocycles. The molecule has 46 heavy (non-hydrogen) atoms. The zero-order chi connectivity index (χ0) is 33.0. The van der Waals surface area contributed by atoms with E-state index < -0.39 is 88.3 Å². The zero-order valence-corrected chi connectivity index (χ0v) is 27.3. The SMILES string of the molecule is CCN1C[C@@]2(COC)[C@H]3[C@H](OC)[C@H]4[C@@H]1[C@]3([C@@H](OC)C[C@@H]2O)[C@H]1C[C@@]2(O)[C@H](OC(=O)c3ccccc3)[C@@H]1[C@]4(OC(C)=O)[C@H](O)[C@H]2OC. The van der Waals surface area contributed by atoms with Crippen molar-refractivity contribution in [2.45, 2.75) is 80.6 Å². The minimum absolute atomic E-state index is 0.0791. The van der Waals surface area contributed by atoms with Gasteiger partial charge >= 0.3 is 11.9 Å². The van der Waals surface area contributed by atoms with Crippen LogP contribution in [-0.2, 0) is 33.2 Å². The van der Waals surface area contributed by atoms with Crippen molar-refractivity contribution in [3.63, 3.8) is 0 Å². The van der Waals surface area contributed by atoms with Crippen molar-refractivity contribution in [2.24, 2.45) is 34.5 Å². The summed E-state index contributed by atoms with van der Waals surface area (Å²) in [6.07, 6.45) is -5.49. The minimum Gasteiger partial charge on any atom is -0.455 e. The van der Waals surface area contributed by atoms with E-state index in [0.29, 0.717) is 25.1 Å². The summed E-state index contributed by atoms with van der Waals surface area (Å²) < 4.78 is 37.4. The maximum Gasteiger partial charge on any atom is 0.338 e. The Morgan fingerprint density at radius 1 is 1.00 bits per heavy atom. The van der Waals surface area contributed by atoms with Gasteiger partial charge in [-0.25, -0.2) is 4.79 Å². The lowest BCUT2D eigenvalue weighted by molar-refractivity contribution is -0.322. The molecule has 3 N–H and O–H groups in total. The molecule has 1 aromatic carbocycles. The van der Waals surface area contributed by atoms with E-state index >= 15 is 0 Å². The fourth-order valence-corrected chi connectivity index (χ4v) is 12.3. The topological polar surface area (TPSA) is 153 Å². The zero-order valence-electron chi connectivity index (χ0n) is 27.3. The van der Waals surface area contributed by atoms with E-state index in [2.05, 4.69) is 4.90 Å². The first-order valence-electron chi connectivity index (χ1n) is 16.3. The number of benzene rings is 1. The molecule has 12 nitrogen and oxygen atoms in total. The number of likely N-dealkylation sites (tertiary alicyclic amines) is 1. The van der Waals surface area contributed by atoms with Crippen molar-refractivity contribution in [1.29, 1.82) is 0 Å². The molecule has 1 saturated heterocycles. The number of methoxy groups -OCH3 is 4. The summed E-state index contributed by atoms with van der Waals surface area (Å²) in [6.45, 7) is 4.68. The highest BCUT2D eigenvalue weighted by Gasteiger charge is 2.92. The van der Waals surface area contributed by atoms with Gasteiger partial charge in [0.2, 0.25) is 0 Å². The number of fused-ring (bicyclic) bond motifs is 2. The quantitative estimate of drug-likeness (QED) is 0.323. The van der Waals surface area contributed by atoms with Crippen LogP contribution in [0.15, 0.2) is 30.3 Å². The molecular formula is C34H47NO11. The highest BCUT2D eigenvalue weighted by Crippen LogP contribution is 2.80. The van der Waals surface area contributed by atoms with Gasteiger partial charge in [0.15, 0.2) is 5.60 Å². The minimum atomic E-state index is -1.83. The van der Waals surface area contributed by atoms with Gasteiger partial charge in [-0.05, 0) is 31.0 Å². The number of hydrogen-bond acceptors (Lipinski definition) is 12. The van der Waals surface area contributed by atoms with Crippen LogP contribution < -0.4 is 0 Å². The number of hydrogen-bond donors (Lipinski definition) is 3. The first-order chi connectivity index (χ1) is 22.0. The molecule has 254 valence electrons. The molecule has 1 aromatic rings. The van der Waals surface area contributed by atoms with Gasteiger partial charge in [0.1, 0.15) is 23.9 Å². The third-order valence-corrected chi connectivity index (χ3v) is 13.2. The smallest absolute Gasteiger partial charge is 0.338 e. The Kier molecular flexibility index (Phi) is 7.69. The molecule has 0 aromatic heterocycles. The van der Waals surface area contributed by atoms with E-state index in [-0.39, 0.29) is 25.0 Å². The number of carbonyl (C=O) groups is 2. The molecule has 1 spiro atoms. The molecular weight excluding hydrogens is 598 g/mol. The number of carbonyl (C=O) groups excluding carboxylic acids is 2. The van der Waals surface area contributed by atoms with Crippen LogP contribution in [0.4, 0.5) is 0 Å². The van der Waals surface area contributed by atoms with E-state index in [9.17, 15) is 24.9 Å². The number of piperidine rings is 1. The van der Waals surface area contributed by atoms with E-state index in [1.807, 2.05) is 6.92 Å². The Bertz CT molecular complexity index is 1360. The number of nitrogens with zero attached hydrogens (tertiary/aromatic N) is 1. The number of rotatable bonds is 9. The maximum atomic E-state index is 13.8. The molecule has 5 aliphatic carbocycles. The van der Waals surface area contributed by atoms with Crippen molar-refractivity contribution in [3.05, 3.63) is 35.9 Å². The molecule has 0 radical (unpaired) electrons. The predicted molar refractivity (Wildman–Crippen MR) is 160 cm³/mol. The fraction of sp³-hybridized carbons (Fsp3) is 0.765. The molecule has 1 heterocycles. The Morgan fingerprint density at radius 3 is 2.30 bits per heavy atom. The standard InChI is InChI=1S/C34H47NO11/c1-7-35-15-31(16-41-3)20(37)13-21(42-4)33-19-14-32(40)28(45-30(39)18-11-9-8-10-12-18)22(19)34(46-17(2)36,27(38)29(32)44-6)23(26(33)35)24(43-5)25(31)33/h8-12,19-29,37-38,40H,7,13-16H2,1-6H3/t19-,20-,21-,22+,23-,24+,25+,26+,27+,28+,29+,31-,32+,33-,34+/m0/s1. The molecule has 6 aliphatic rings. The number of aliphatic hydroxyl groups excluding tert-OH is 2. The normalized spacial score (nSPS) is 49.9. The van der Waals surface area contributed by atoms with Crippen LogP contribution in [0.25, 0.3) is 0 Å². The number of esters is 2. The predicted octanol–water partition coefficient (Wildman–Crippen LogP) is 0.648. The fourth-order valence-electron chi connectivity index (χ4n) is 12.3. The average molecular weight is 646 g/mol. The van der Waals surface area contributed by atoms with Crippen LogP contribution in [0.2, 0.25) is 0 Å². The second-order valence-electron chi connectivity index (χ2n) is 14.4. The lowest BCUT2D eigenvalue weighted by Gasteiger charge is -2.70. The Hall–Kier alpha value is -2.16. The summed E-state index contributed by atoms with van der Waals surface area (Å²) >= 11 is 0. The van der Waals surface area contributed by atoms with Crippen LogP contribution >= 0.6 is 0 Å². The maximum absolute atomic E-state index is 13.8. The van der Waals surface area contributed by atoms with E-state index in [1.54, 1.807) is 51.7 Å². The van der Waals surface area contributed by atoms with Gasteiger partial charge in [-0.1, -0.05) is 25.1 Å². The molecule has 7 rings (SSSR count). The van der Waals surface area contributed by atoms with Crippen LogP contribution in [0.3, 0.4) is 0 Å². The highest BCUT2D eigenvalue weighted by molar-refractivity contribution is 5.89. The van der Waals surface area contributed by atoms with Crippen LogP contribution in [0.5, 0.6) is 0 Å². The van der Waals surface area contributed by atoms with Crippen LogP contribution in [0.1, 0.15) is 37.0 Å². The number of aliphatic hydroxyl groups is 3. The van der Waals surface area contributed by atoms with Crippen molar-refractivity contribution in [2.75, 3.05) is 48.1 Å². The lowest BCUT2D eigenvalue weighted by Crippen LogP contribution is -2.81. The first kappa shape index (κ1) is 32.4. The van der Waals surface area contributed by atoms with Gasteiger partial charge in [-0.3, -0.25) is 9.69 Å². The van der Waals surface area contributed by atoms with Gasteiger partial charge in [0, 0.05) is 83.0 Å². The van der Waals surface area contributed by atoms with E-state index in [4.69, 9.17) is 28.4 Å². The summed E-state index contributed by atoms with van der Waals surface area (Å²) in [5, 5.41) is 37.3. The average Bonchev–Trinajstić information content (AvgIpc) is 3.41. The van der Waals surface area contributed by atoms with Crippen molar-refractivity contribution in [3.8, 4) is 0 Å². The molecule has 0 unspecified atom stereocenters. The monoisotopic (exact) mass is 645 g/mol. The summed E-state index contributed by atoms with van der Waals surface area (Å²) in [6, 6.07) is 8.18. The Labute approximate surface area is 269 Å². The van der Waals surface area contributed by atoms with Crippen LogP contribution in [0, 0.1) is 34.5 Å². The van der Waals surface area contributed by atoms with E-state index in [0.717, 1.165) is 0 Å². The number of ether oxygens (including phenoxy) is 6. The van der Waals surface area contributed by atoms with E-state index in [1.165, 1.54) is 14.0 Å². The van der Waals surface area contributed by atoms with Crippen molar-refractivity contribution in [1.82, 2.24) is 4.90 Å². The van der Waals surface area contributed by atoms with Crippen LogP contribution in [-0.4, -0.2) is 134 Å². The Morgan fingerprint density at radius 2 is 1.72 bits per heavy atom. The molecule has 0 amide bonds. The second-order valence-corrected chi connectivity index (χ2v) is 14.4. The summed E-state index contributed by atoms with van der Waals surface area (Å²) in [5.41, 5.74) is -4.79. The van der Waals surface area contributed by atoms with Crippen molar-refractivity contribution >= 4 is 11.9 Å². The third kappa shape index (κ3) is 3.62. The van der Waals surface area contributed by atoms with Gasteiger partial charge in [0.05, 0.1) is 30.5 Å². The van der Waals surface area contributed by atoms with Crippen molar-refractivity contribution < 1.29 is 53.3 Å². The summed E-state index contributed by atoms with van der Waals surface area (Å²) in [5.74, 6) is -3.65. The molecule has 6 fully saturated rings. The lowest BCUT2D eigenvalue weighted by atomic mass is 9.42. The summed E-state index contributed by atoms with van der Waals surface area (Å²) in [4.78, 5) is 29.3. The molecule has 1 aliphatic heterocycles. The highest BCUT2D eigenvalue weighted by atomic mass is 16.6. The third-order valence-electron chi connectivity index (χ3n) is 13.2. The first-order valence-corrected chi connectivity index (χ1v) is 16.3. The van der Waals surface area contributed by atoms with Gasteiger partial charge in [-0.15, -0.1) is 0 Å². The largest absolute Gasteiger partial charge is 0.455 e. The van der Waals surface area contributed by atoms with Gasteiger partial charge < -0.3 is 43.7 Å². The summed E-state index contributed by atoms with van der Waals surface area (Å²) in [7, 11) is 6.27. The molecule has 12 heteroatoms. The Balaban J connectivity index is 1.53. The van der Waals surface area contributed by atoms with Gasteiger partial charge in [-0.2, -0.15) is 0 Å².